The number of carbonyl (C=O) groups is 1. The molecule has 4 N–H and O–H groups in total. The molecule has 0 aliphatic heterocycles. The molecule has 0 saturated heterocycles. The highest BCUT2D eigenvalue weighted by Gasteiger charge is 2.09. The van der Waals surface area contributed by atoms with E-state index in [1.807, 2.05) is 0 Å². The summed E-state index contributed by atoms with van der Waals surface area (Å²) in [5, 5.41) is 15.4. The molecule has 2 aromatic carbocycles. The van der Waals surface area contributed by atoms with Gasteiger partial charge in [-0.25, -0.2) is 13.6 Å². The minimum Gasteiger partial charge on any atom is -0.348 e. The minimum atomic E-state index is -3.71. The number of benzene rings is 2. The van der Waals surface area contributed by atoms with Gasteiger partial charge in [0.25, 0.3) is 5.91 Å². The van der Waals surface area contributed by atoms with E-state index in [1.165, 1.54) is 12.1 Å². The number of aromatic nitrogens is 2. The number of rotatable bonds is 4. The molecule has 1 amide bonds. The molecule has 118 valence electrons. The summed E-state index contributed by atoms with van der Waals surface area (Å²) >= 11 is 0. The zero-order valence-electron chi connectivity index (χ0n) is 12.0. The molecular formula is C15H14N4O3S. The molecule has 0 spiro atoms. The average Bonchev–Trinajstić information content (AvgIpc) is 2.99. The lowest BCUT2D eigenvalue weighted by Crippen LogP contribution is -2.22. The Kier molecular flexibility index (Phi) is 3.85. The van der Waals surface area contributed by atoms with Gasteiger partial charge >= 0.3 is 0 Å². The van der Waals surface area contributed by atoms with Crippen molar-refractivity contribution in [3.63, 3.8) is 0 Å². The zero-order valence-corrected chi connectivity index (χ0v) is 12.8. The quantitative estimate of drug-likeness (QED) is 0.664. The summed E-state index contributed by atoms with van der Waals surface area (Å²) in [5.74, 6) is -0.219. The van der Waals surface area contributed by atoms with Crippen molar-refractivity contribution < 1.29 is 13.2 Å². The molecule has 0 radical (unpaired) electrons. The second kappa shape index (κ2) is 5.82. The number of nitrogens with two attached hydrogens (primary N) is 1. The number of nitrogens with one attached hydrogen (secondary N) is 2. The van der Waals surface area contributed by atoms with E-state index in [2.05, 4.69) is 15.5 Å². The van der Waals surface area contributed by atoms with Gasteiger partial charge in [-0.05, 0) is 35.9 Å². The van der Waals surface area contributed by atoms with Crippen LogP contribution in [0.25, 0.3) is 10.9 Å². The molecule has 23 heavy (non-hydrogen) atoms. The van der Waals surface area contributed by atoms with Gasteiger partial charge in [-0.15, -0.1) is 0 Å². The monoisotopic (exact) mass is 330 g/mol. The second-order valence-electron chi connectivity index (χ2n) is 5.04. The maximum atomic E-state index is 12.2. The molecule has 1 heterocycles. The van der Waals surface area contributed by atoms with Crippen LogP contribution in [0.3, 0.4) is 0 Å². The van der Waals surface area contributed by atoms with Crippen molar-refractivity contribution >= 4 is 26.8 Å². The van der Waals surface area contributed by atoms with E-state index in [0.717, 1.165) is 16.5 Å². The van der Waals surface area contributed by atoms with Crippen molar-refractivity contribution in [2.75, 3.05) is 0 Å². The van der Waals surface area contributed by atoms with Crippen molar-refractivity contribution in [1.82, 2.24) is 15.5 Å². The first-order chi connectivity index (χ1) is 10.9. The maximum absolute atomic E-state index is 12.2. The Labute approximate surface area is 132 Å². The molecule has 0 saturated carbocycles. The van der Waals surface area contributed by atoms with Crippen LogP contribution in [-0.4, -0.2) is 24.5 Å². The van der Waals surface area contributed by atoms with Crippen LogP contribution in [0, 0.1) is 0 Å². The van der Waals surface area contributed by atoms with E-state index in [1.54, 1.807) is 36.5 Å². The van der Waals surface area contributed by atoms with Crippen LogP contribution in [0.1, 0.15) is 15.9 Å². The maximum Gasteiger partial charge on any atom is 0.251 e. The van der Waals surface area contributed by atoms with Crippen LogP contribution in [0.2, 0.25) is 0 Å². The third kappa shape index (κ3) is 3.38. The Bertz CT molecular complexity index is 962. The zero-order chi connectivity index (χ0) is 16.4. The number of amides is 1. The van der Waals surface area contributed by atoms with Gasteiger partial charge in [-0.3, -0.25) is 9.89 Å². The van der Waals surface area contributed by atoms with E-state index in [4.69, 9.17) is 5.14 Å². The van der Waals surface area contributed by atoms with Gasteiger partial charge in [0.05, 0.1) is 16.6 Å². The number of sulfonamides is 1. The molecule has 0 fully saturated rings. The molecule has 1 aromatic heterocycles. The first-order valence-electron chi connectivity index (χ1n) is 6.76. The summed E-state index contributed by atoms with van der Waals surface area (Å²) in [5.41, 5.74) is 2.16. The van der Waals surface area contributed by atoms with Crippen LogP contribution in [0.4, 0.5) is 0 Å². The predicted molar refractivity (Wildman–Crippen MR) is 85.1 cm³/mol. The van der Waals surface area contributed by atoms with Crippen molar-refractivity contribution in [2.45, 2.75) is 11.4 Å². The Hall–Kier alpha value is -2.71. The third-order valence-electron chi connectivity index (χ3n) is 3.41. The number of hydrogen-bond donors (Lipinski definition) is 3. The van der Waals surface area contributed by atoms with Crippen LogP contribution in [-0.2, 0) is 16.6 Å². The summed E-state index contributed by atoms with van der Waals surface area (Å²) < 4.78 is 22.4. The van der Waals surface area contributed by atoms with E-state index < -0.39 is 10.0 Å². The Balaban J connectivity index is 1.68. The lowest BCUT2D eigenvalue weighted by atomic mass is 10.1. The number of H-pyrrole nitrogens is 1. The minimum absolute atomic E-state index is 0.0398. The summed E-state index contributed by atoms with van der Waals surface area (Å²) in [7, 11) is -3.71. The molecule has 0 bridgehead atoms. The summed E-state index contributed by atoms with van der Waals surface area (Å²) in [6.45, 7) is 0.285. The summed E-state index contributed by atoms with van der Waals surface area (Å²) in [4.78, 5) is 12.2. The normalized spacial score (nSPS) is 11.5. The van der Waals surface area contributed by atoms with Gasteiger partial charge in [0.2, 0.25) is 10.0 Å². The van der Waals surface area contributed by atoms with Crippen molar-refractivity contribution in [1.29, 1.82) is 0 Å². The van der Waals surface area contributed by atoms with Crippen molar-refractivity contribution in [3.8, 4) is 0 Å². The number of aromatic amines is 1. The Morgan fingerprint density at radius 2 is 1.91 bits per heavy atom. The molecule has 0 unspecified atom stereocenters. The second-order valence-corrected chi connectivity index (χ2v) is 6.61. The van der Waals surface area contributed by atoms with Crippen molar-refractivity contribution in [3.05, 3.63) is 59.8 Å². The number of carbonyl (C=O) groups excluding carboxylic acids is 1. The topological polar surface area (TPSA) is 118 Å². The number of nitrogens with zero attached hydrogens (tertiary/aromatic N) is 1. The molecule has 0 aliphatic carbocycles. The van der Waals surface area contributed by atoms with Crippen LogP contribution in [0.15, 0.2) is 53.6 Å². The first-order valence-corrected chi connectivity index (χ1v) is 8.31. The van der Waals surface area contributed by atoms with Crippen LogP contribution in [0.5, 0.6) is 0 Å². The molecule has 0 atom stereocenters. The van der Waals surface area contributed by atoms with Crippen LogP contribution >= 0.6 is 0 Å². The van der Waals surface area contributed by atoms with Crippen LogP contribution < -0.4 is 10.5 Å². The Morgan fingerprint density at radius 1 is 1.17 bits per heavy atom. The van der Waals surface area contributed by atoms with Gasteiger partial charge in [-0.1, -0.05) is 12.1 Å². The summed E-state index contributed by atoms with van der Waals surface area (Å²) in [6.07, 6.45) is 1.65. The van der Waals surface area contributed by atoms with Gasteiger partial charge in [0.1, 0.15) is 0 Å². The summed E-state index contributed by atoms with van der Waals surface area (Å²) in [6, 6.07) is 11.3. The highest BCUT2D eigenvalue weighted by molar-refractivity contribution is 7.89. The van der Waals surface area contributed by atoms with E-state index in [-0.39, 0.29) is 17.3 Å². The molecule has 7 nitrogen and oxygen atoms in total. The number of primary sulfonamides is 1. The first kappa shape index (κ1) is 15.2. The lowest BCUT2D eigenvalue weighted by Gasteiger charge is -2.06. The van der Waals surface area contributed by atoms with Crippen molar-refractivity contribution in [2.24, 2.45) is 5.14 Å². The molecule has 8 heteroatoms. The van der Waals surface area contributed by atoms with E-state index in [0.29, 0.717) is 5.56 Å². The van der Waals surface area contributed by atoms with Gasteiger partial charge in [0.15, 0.2) is 0 Å². The fourth-order valence-corrected chi connectivity index (χ4v) is 2.68. The van der Waals surface area contributed by atoms with Gasteiger partial charge in [0, 0.05) is 17.5 Å². The highest BCUT2D eigenvalue weighted by atomic mass is 32.2. The number of hydrogen-bond acceptors (Lipinski definition) is 4. The number of fused-ring (bicyclic) bond motifs is 1. The highest BCUT2D eigenvalue weighted by Crippen LogP contribution is 2.13. The molecule has 3 rings (SSSR count). The van der Waals surface area contributed by atoms with Gasteiger partial charge in [-0.2, -0.15) is 5.10 Å². The molecule has 0 aliphatic rings. The smallest absolute Gasteiger partial charge is 0.251 e. The van der Waals surface area contributed by atoms with E-state index in [9.17, 15) is 13.2 Å². The third-order valence-corrected chi connectivity index (χ3v) is 4.34. The predicted octanol–water partition coefficient (Wildman–Crippen LogP) is 1.14. The largest absolute Gasteiger partial charge is 0.348 e. The van der Waals surface area contributed by atoms with Gasteiger partial charge < -0.3 is 5.32 Å². The Morgan fingerprint density at radius 3 is 2.61 bits per heavy atom. The molecule has 3 aromatic rings. The lowest BCUT2D eigenvalue weighted by molar-refractivity contribution is 0.0951. The fraction of sp³-hybridized carbons (Fsp3) is 0.0667. The average molecular weight is 330 g/mol. The molecular weight excluding hydrogens is 316 g/mol. The SMILES string of the molecule is NS(=O)(=O)c1ccc(CNC(=O)c2ccc3[nH]ncc3c2)cc1. The standard InChI is InChI=1S/C15H14N4O3S/c16-23(21,22)13-4-1-10(2-5-13)8-17-15(20)11-3-6-14-12(7-11)9-18-19-14/h1-7,9H,8H2,(H,17,20)(H,18,19)(H2,16,21,22). The van der Waals surface area contributed by atoms with E-state index >= 15 is 0 Å². The fourth-order valence-electron chi connectivity index (χ4n) is 2.17.